The summed E-state index contributed by atoms with van der Waals surface area (Å²) in [4.78, 5) is 8.82. The van der Waals surface area contributed by atoms with E-state index in [2.05, 4.69) is 44.8 Å². The summed E-state index contributed by atoms with van der Waals surface area (Å²) in [5.41, 5.74) is 1.51. The Bertz CT molecular complexity index is 479. The van der Waals surface area contributed by atoms with Crippen LogP contribution < -0.4 is 5.32 Å². The van der Waals surface area contributed by atoms with Gasteiger partial charge in [-0.05, 0) is 38.0 Å². The zero-order valence-electron chi connectivity index (χ0n) is 14.1. The van der Waals surface area contributed by atoms with Crippen molar-refractivity contribution in [2.75, 3.05) is 13.1 Å². The second kappa shape index (κ2) is 5.64. The molecule has 3 rings (SSSR count). The van der Waals surface area contributed by atoms with Gasteiger partial charge in [0, 0.05) is 30.1 Å². The zero-order chi connectivity index (χ0) is 15.2. The molecule has 2 aliphatic rings. The van der Waals surface area contributed by atoms with Crippen LogP contribution in [0.15, 0.2) is 0 Å². The Hall–Kier alpha value is -0.450. The molecule has 118 valence electrons. The summed E-state index contributed by atoms with van der Waals surface area (Å²) >= 11 is 1.87. The molecule has 2 fully saturated rings. The molecule has 1 saturated carbocycles. The highest BCUT2D eigenvalue weighted by Gasteiger charge is 2.40. The molecule has 2 heterocycles. The molecule has 3 nitrogen and oxygen atoms in total. The van der Waals surface area contributed by atoms with Crippen molar-refractivity contribution in [1.29, 1.82) is 0 Å². The van der Waals surface area contributed by atoms with E-state index in [0.29, 0.717) is 17.5 Å². The van der Waals surface area contributed by atoms with Gasteiger partial charge in [0.25, 0.3) is 0 Å². The predicted octanol–water partition coefficient (Wildman–Crippen LogP) is 3.36. The molecule has 1 aliphatic carbocycles. The van der Waals surface area contributed by atoms with Crippen molar-refractivity contribution >= 4 is 11.3 Å². The van der Waals surface area contributed by atoms with Crippen molar-refractivity contribution in [3.05, 3.63) is 15.6 Å². The second-order valence-corrected chi connectivity index (χ2v) is 9.20. The molecule has 21 heavy (non-hydrogen) atoms. The molecule has 0 aromatic carbocycles. The third kappa shape index (κ3) is 3.49. The maximum atomic E-state index is 4.76. The van der Waals surface area contributed by atoms with Crippen LogP contribution in [0.2, 0.25) is 0 Å². The first-order chi connectivity index (χ1) is 9.84. The van der Waals surface area contributed by atoms with E-state index >= 15 is 0 Å². The smallest absolute Gasteiger partial charge is 0.107 e. The van der Waals surface area contributed by atoms with Crippen molar-refractivity contribution in [2.45, 2.75) is 66.1 Å². The Morgan fingerprint density at radius 2 is 2.00 bits per heavy atom. The van der Waals surface area contributed by atoms with Gasteiger partial charge >= 0.3 is 0 Å². The number of hydrogen-bond acceptors (Lipinski definition) is 4. The first-order valence-corrected chi connectivity index (χ1v) is 9.06. The van der Waals surface area contributed by atoms with Crippen molar-refractivity contribution < 1.29 is 0 Å². The van der Waals surface area contributed by atoms with Crippen molar-refractivity contribution in [2.24, 2.45) is 11.3 Å². The lowest BCUT2D eigenvalue weighted by molar-refractivity contribution is 0.0449. The van der Waals surface area contributed by atoms with Crippen molar-refractivity contribution in [3.63, 3.8) is 0 Å². The van der Waals surface area contributed by atoms with Crippen LogP contribution in [0.4, 0.5) is 0 Å². The van der Waals surface area contributed by atoms with E-state index in [9.17, 15) is 0 Å². The van der Waals surface area contributed by atoms with Crippen LogP contribution in [0, 0.1) is 25.2 Å². The lowest BCUT2D eigenvalue weighted by atomic mass is 9.83. The Labute approximate surface area is 133 Å². The fraction of sp³-hybridized carbons (Fsp3) is 0.824. The van der Waals surface area contributed by atoms with E-state index in [4.69, 9.17) is 4.98 Å². The number of rotatable bonds is 3. The summed E-state index contributed by atoms with van der Waals surface area (Å²) in [6.45, 7) is 14.7. The third-order valence-electron chi connectivity index (χ3n) is 5.05. The molecule has 0 radical (unpaired) electrons. The summed E-state index contributed by atoms with van der Waals surface area (Å²) in [6, 6.07) is 1.29. The van der Waals surface area contributed by atoms with E-state index in [0.717, 1.165) is 19.0 Å². The fourth-order valence-electron chi connectivity index (χ4n) is 3.46. The van der Waals surface area contributed by atoms with Gasteiger partial charge in [0.2, 0.25) is 0 Å². The summed E-state index contributed by atoms with van der Waals surface area (Å²) < 4.78 is 0. The SMILES string of the molecule is Cc1nc(CN2CC(C3CC3)NCC2C(C)(C)C)sc1C. The molecule has 1 saturated heterocycles. The maximum absolute atomic E-state index is 4.76. The minimum Gasteiger partial charge on any atom is -0.311 e. The molecule has 4 heteroatoms. The highest BCUT2D eigenvalue weighted by Crippen LogP contribution is 2.37. The van der Waals surface area contributed by atoms with Gasteiger partial charge in [-0.2, -0.15) is 0 Å². The normalized spacial score (nSPS) is 28.0. The first-order valence-electron chi connectivity index (χ1n) is 8.25. The van der Waals surface area contributed by atoms with Gasteiger partial charge in [0.15, 0.2) is 0 Å². The Morgan fingerprint density at radius 3 is 2.52 bits per heavy atom. The molecule has 1 aromatic rings. The monoisotopic (exact) mass is 307 g/mol. The number of aryl methyl sites for hydroxylation is 2. The van der Waals surface area contributed by atoms with E-state index < -0.39 is 0 Å². The molecule has 0 amide bonds. The van der Waals surface area contributed by atoms with Crippen LogP contribution in [0.1, 0.15) is 49.2 Å². The minimum absolute atomic E-state index is 0.308. The molecule has 0 spiro atoms. The Morgan fingerprint density at radius 1 is 1.29 bits per heavy atom. The maximum Gasteiger partial charge on any atom is 0.107 e. The van der Waals surface area contributed by atoms with Gasteiger partial charge < -0.3 is 5.32 Å². The number of aromatic nitrogens is 1. The molecular weight excluding hydrogens is 278 g/mol. The number of hydrogen-bond donors (Lipinski definition) is 1. The molecule has 2 atom stereocenters. The number of thiazole rings is 1. The molecule has 1 N–H and O–H groups in total. The molecular formula is C17H29N3S. The number of nitrogens with one attached hydrogen (secondary N) is 1. The summed E-state index contributed by atoms with van der Waals surface area (Å²) in [5.74, 6) is 0.924. The molecule has 2 unspecified atom stereocenters. The summed E-state index contributed by atoms with van der Waals surface area (Å²) in [5, 5.41) is 5.10. The minimum atomic E-state index is 0.308. The Kier molecular flexibility index (Phi) is 4.15. The third-order valence-corrected chi connectivity index (χ3v) is 6.10. The lowest BCUT2D eigenvalue weighted by Crippen LogP contribution is -2.60. The van der Waals surface area contributed by atoms with Crippen molar-refractivity contribution in [3.8, 4) is 0 Å². The lowest BCUT2D eigenvalue weighted by Gasteiger charge is -2.46. The van der Waals surface area contributed by atoms with Gasteiger partial charge in [-0.3, -0.25) is 4.90 Å². The van der Waals surface area contributed by atoms with Gasteiger partial charge in [-0.1, -0.05) is 20.8 Å². The number of nitrogens with zero attached hydrogens (tertiary/aromatic N) is 2. The van der Waals surface area contributed by atoms with Gasteiger partial charge in [-0.15, -0.1) is 11.3 Å². The summed E-state index contributed by atoms with van der Waals surface area (Å²) in [6.07, 6.45) is 2.84. The zero-order valence-corrected chi connectivity index (χ0v) is 14.9. The standard InChI is InChI=1S/C17H29N3S/c1-11-12(2)21-16(19-11)10-20-9-14(13-6-7-13)18-8-15(20)17(3,4)5/h13-15,18H,6-10H2,1-5H3. The van der Waals surface area contributed by atoms with Crippen LogP contribution >= 0.6 is 11.3 Å². The van der Waals surface area contributed by atoms with E-state index in [-0.39, 0.29) is 0 Å². The molecule has 1 aromatic heterocycles. The average molecular weight is 308 g/mol. The fourth-order valence-corrected chi connectivity index (χ4v) is 4.42. The van der Waals surface area contributed by atoms with E-state index in [1.807, 2.05) is 11.3 Å². The van der Waals surface area contributed by atoms with Crippen molar-refractivity contribution in [1.82, 2.24) is 15.2 Å². The average Bonchev–Trinajstić information content (AvgIpc) is 3.16. The molecule has 0 bridgehead atoms. The predicted molar refractivity (Wildman–Crippen MR) is 89.8 cm³/mol. The Balaban J connectivity index is 1.75. The van der Waals surface area contributed by atoms with E-state index in [1.54, 1.807) is 0 Å². The highest BCUT2D eigenvalue weighted by molar-refractivity contribution is 7.11. The number of piperazine rings is 1. The van der Waals surface area contributed by atoms with Gasteiger partial charge in [-0.25, -0.2) is 4.98 Å². The van der Waals surface area contributed by atoms with E-state index in [1.165, 1.54) is 35.0 Å². The second-order valence-electron chi connectivity index (χ2n) is 7.91. The quantitative estimate of drug-likeness (QED) is 0.928. The molecule has 1 aliphatic heterocycles. The van der Waals surface area contributed by atoms with Gasteiger partial charge in [0.1, 0.15) is 5.01 Å². The topological polar surface area (TPSA) is 28.2 Å². The largest absolute Gasteiger partial charge is 0.311 e. The highest BCUT2D eigenvalue weighted by atomic mass is 32.1. The first kappa shape index (κ1) is 15.4. The summed E-state index contributed by atoms with van der Waals surface area (Å²) in [7, 11) is 0. The van der Waals surface area contributed by atoms with Crippen LogP contribution in [-0.2, 0) is 6.54 Å². The van der Waals surface area contributed by atoms with Crippen LogP contribution in [0.5, 0.6) is 0 Å². The van der Waals surface area contributed by atoms with Crippen LogP contribution in [-0.4, -0.2) is 35.1 Å². The van der Waals surface area contributed by atoms with Crippen LogP contribution in [0.25, 0.3) is 0 Å². The van der Waals surface area contributed by atoms with Gasteiger partial charge in [0.05, 0.1) is 12.2 Å². The van der Waals surface area contributed by atoms with Crippen LogP contribution in [0.3, 0.4) is 0 Å².